The minimum Gasteiger partial charge on any atom is -0.481 e. The first kappa shape index (κ1) is 23.7. The van der Waals surface area contributed by atoms with Crippen LogP contribution in [0.4, 0.5) is 10.2 Å². The number of hydrogen-bond acceptors (Lipinski definition) is 5. The number of nitrogens with one attached hydrogen (secondary N) is 3. The highest BCUT2D eigenvalue weighted by Gasteiger charge is 2.24. The van der Waals surface area contributed by atoms with Gasteiger partial charge in [-0.15, -0.1) is 0 Å². The van der Waals surface area contributed by atoms with Crippen LogP contribution in [0.15, 0.2) is 60.7 Å². The number of carbonyl (C=O) groups excluding carboxylic acids is 2. The highest BCUT2D eigenvalue weighted by Crippen LogP contribution is 2.24. The normalized spacial score (nSPS) is 11.7. The maximum atomic E-state index is 14.3. The fourth-order valence-electron chi connectivity index (χ4n) is 3.73. The van der Waals surface area contributed by atoms with Crippen LogP contribution in [0.2, 0.25) is 0 Å². The summed E-state index contributed by atoms with van der Waals surface area (Å²) in [4.78, 5) is 26.0. The molecule has 0 spiro atoms. The van der Waals surface area contributed by atoms with Gasteiger partial charge in [0.15, 0.2) is 11.5 Å². The van der Waals surface area contributed by atoms with Crippen LogP contribution in [0.1, 0.15) is 39.8 Å². The van der Waals surface area contributed by atoms with Gasteiger partial charge in [0.25, 0.3) is 5.91 Å². The molecule has 2 heterocycles. The summed E-state index contributed by atoms with van der Waals surface area (Å²) in [7, 11) is 1.41. The average Bonchev–Trinajstić information content (AvgIpc) is 3.45. The highest BCUT2D eigenvalue weighted by atomic mass is 19.1. The summed E-state index contributed by atoms with van der Waals surface area (Å²) in [6.45, 7) is 3.73. The summed E-state index contributed by atoms with van der Waals surface area (Å²) in [6.07, 6.45) is -0.0341. The minimum atomic E-state index is -0.645. The maximum absolute atomic E-state index is 14.3. The van der Waals surface area contributed by atoms with E-state index in [2.05, 4.69) is 25.9 Å². The second-order valence-corrected chi connectivity index (χ2v) is 8.01. The summed E-state index contributed by atoms with van der Waals surface area (Å²) in [5, 5.41) is 16.7. The average molecular weight is 477 g/mol. The van der Waals surface area contributed by atoms with E-state index in [0.29, 0.717) is 5.82 Å². The summed E-state index contributed by atoms with van der Waals surface area (Å²) in [6, 6.07) is 16.0. The zero-order valence-corrected chi connectivity index (χ0v) is 19.5. The van der Waals surface area contributed by atoms with Crippen LogP contribution in [-0.4, -0.2) is 38.9 Å². The van der Waals surface area contributed by atoms with Gasteiger partial charge in [0.2, 0.25) is 11.8 Å². The minimum absolute atomic E-state index is 0.0204. The smallest absolute Gasteiger partial charge is 0.272 e. The number of methoxy groups -OCH3 is 1. The van der Waals surface area contributed by atoms with Gasteiger partial charge in [0, 0.05) is 17.8 Å². The first-order valence-corrected chi connectivity index (χ1v) is 10.9. The third-order valence-electron chi connectivity index (χ3n) is 5.43. The summed E-state index contributed by atoms with van der Waals surface area (Å²) in [5.41, 5.74) is 2.67. The van der Waals surface area contributed by atoms with Crippen molar-refractivity contribution >= 4 is 17.6 Å². The van der Waals surface area contributed by atoms with E-state index >= 15 is 0 Å². The molecular formula is C25H25FN6O3. The number of aromatic nitrogens is 4. The van der Waals surface area contributed by atoms with Gasteiger partial charge < -0.3 is 15.4 Å². The number of carbonyl (C=O) groups is 2. The third kappa shape index (κ3) is 5.37. The quantitative estimate of drug-likeness (QED) is 0.357. The molecule has 2 amide bonds. The lowest BCUT2D eigenvalue weighted by Gasteiger charge is -2.20. The van der Waals surface area contributed by atoms with Crippen molar-refractivity contribution in [2.75, 3.05) is 12.4 Å². The molecule has 1 atom stereocenters. The predicted octanol–water partition coefficient (Wildman–Crippen LogP) is 3.86. The number of rotatable bonds is 8. The lowest BCUT2D eigenvalue weighted by molar-refractivity contribution is -0.116. The van der Waals surface area contributed by atoms with E-state index < -0.39 is 17.8 Å². The van der Waals surface area contributed by atoms with Crippen LogP contribution in [0.3, 0.4) is 0 Å². The predicted molar refractivity (Wildman–Crippen MR) is 128 cm³/mol. The molecule has 0 aliphatic carbocycles. The number of aryl methyl sites for hydroxylation is 2. The molecule has 2 aromatic heterocycles. The van der Waals surface area contributed by atoms with Gasteiger partial charge in [-0.05, 0) is 37.1 Å². The maximum Gasteiger partial charge on any atom is 0.272 e. The second kappa shape index (κ2) is 10.2. The van der Waals surface area contributed by atoms with E-state index in [-0.39, 0.29) is 29.6 Å². The van der Waals surface area contributed by atoms with Crippen LogP contribution >= 0.6 is 0 Å². The molecule has 10 heteroatoms. The Balaban J connectivity index is 1.59. The Hall–Kier alpha value is -4.47. The largest absolute Gasteiger partial charge is 0.481 e. The van der Waals surface area contributed by atoms with Crippen molar-refractivity contribution in [1.29, 1.82) is 0 Å². The molecule has 0 fully saturated rings. The third-order valence-corrected chi connectivity index (χ3v) is 5.43. The van der Waals surface area contributed by atoms with Crippen LogP contribution in [-0.2, 0) is 4.79 Å². The van der Waals surface area contributed by atoms with E-state index in [4.69, 9.17) is 4.74 Å². The molecule has 0 aliphatic heterocycles. The Morgan fingerprint density at radius 1 is 1.11 bits per heavy atom. The molecule has 0 radical (unpaired) electrons. The Morgan fingerprint density at radius 2 is 1.86 bits per heavy atom. The number of benzene rings is 2. The van der Waals surface area contributed by atoms with Crippen molar-refractivity contribution in [3.8, 4) is 11.6 Å². The Bertz CT molecular complexity index is 1360. The van der Waals surface area contributed by atoms with Crippen molar-refractivity contribution in [3.05, 3.63) is 89.0 Å². The molecule has 0 aliphatic rings. The molecule has 9 nitrogen and oxygen atoms in total. The molecule has 180 valence electrons. The van der Waals surface area contributed by atoms with Crippen LogP contribution in [0.25, 0.3) is 5.69 Å². The number of anilines is 1. The molecule has 0 bridgehead atoms. The number of nitrogens with zero attached hydrogens (tertiary/aromatic N) is 3. The molecule has 0 saturated heterocycles. The van der Waals surface area contributed by atoms with Crippen LogP contribution in [0, 0.1) is 19.7 Å². The molecular weight excluding hydrogens is 451 g/mol. The highest BCUT2D eigenvalue weighted by molar-refractivity contribution is 5.94. The number of halogens is 1. The summed E-state index contributed by atoms with van der Waals surface area (Å²) >= 11 is 0. The molecule has 3 N–H and O–H groups in total. The SMILES string of the molecule is COc1cc(C(=O)N[C@@H](CC(=O)Nc2cc(C)[nH]n2)c2ccccc2C)nn1-c1ccccc1F. The first-order chi connectivity index (χ1) is 16.9. The zero-order valence-electron chi connectivity index (χ0n) is 19.5. The van der Waals surface area contributed by atoms with Gasteiger partial charge in [0.05, 0.1) is 19.6 Å². The lowest BCUT2D eigenvalue weighted by Crippen LogP contribution is -2.32. The topological polar surface area (TPSA) is 114 Å². The van der Waals surface area contributed by atoms with Gasteiger partial charge in [-0.2, -0.15) is 14.9 Å². The summed E-state index contributed by atoms with van der Waals surface area (Å²) in [5.74, 6) is -0.770. The number of ether oxygens (including phenoxy) is 1. The Labute approximate surface area is 201 Å². The van der Waals surface area contributed by atoms with Crippen LogP contribution < -0.4 is 15.4 Å². The van der Waals surface area contributed by atoms with Gasteiger partial charge in [-0.3, -0.25) is 14.7 Å². The van der Waals surface area contributed by atoms with Gasteiger partial charge in [0.1, 0.15) is 11.5 Å². The number of hydrogen-bond donors (Lipinski definition) is 3. The molecule has 0 unspecified atom stereocenters. The fraction of sp³-hybridized carbons (Fsp3) is 0.200. The number of amides is 2. The molecule has 2 aromatic carbocycles. The Kier molecular flexibility index (Phi) is 6.91. The standard InChI is InChI=1S/C25H25FN6O3/c1-15-8-4-5-9-17(15)19(13-23(33)28-22-12-16(2)29-30-22)27-25(34)20-14-24(35-3)32(31-20)21-11-7-6-10-18(21)26/h4-12,14,19H,13H2,1-3H3,(H,27,34)(H2,28,29,30,33)/t19-/m0/s1. The van der Waals surface area contributed by atoms with E-state index in [0.717, 1.165) is 16.8 Å². The summed E-state index contributed by atoms with van der Waals surface area (Å²) < 4.78 is 20.9. The van der Waals surface area contributed by atoms with E-state index in [1.54, 1.807) is 18.2 Å². The van der Waals surface area contributed by atoms with Crippen molar-refractivity contribution in [2.24, 2.45) is 0 Å². The Morgan fingerprint density at radius 3 is 2.54 bits per heavy atom. The molecule has 35 heavy (non-hydrogen) atoms. The molecule has 4 aromatic rings. The molecule has 4 rings (SSSR count). The van der Waals surface area contributed by atoms with Crippen molar-refractivity contribution in [1.82, 2.24) is 25.3 Å². The first-order valence-electron chi connectivity index (χ1n) is 10.9. The van der Waals surface area contributed by atoms with E-state index in [1.807, 2.05) is 38.1 Å². The lowest BCUT2D eigenvalue weighted by atomic mass is 9.98. The van der Waals surface area contributed by atoms with Gasteiger partial charge in [-0.25, -0.2) is 4.39 Å². The van der Waals surface area contributed by atoms with Crippen molar-refractivity contribution < 1.29 is 18.7 Å². The van der Waals surface area contributed by atoms with Gasteiger partial charge >= 0.3 is 0 Å². The number of H-pyrrole nitrogens is 1. The van der Waals surface area contributed by atoms with E-state index in [9.17, 15) is 14.0 Å². The van der Waals surface area contributed by atoms with Crippen molar-refractivity contribution in [3.63, 3.8) is 0 Å². The number of para-hydroxylation sites is 1. The number of aromatic amines is 1. The van der Waals surface area contributed by atoms with E-state index in [1.165, 1.54) is 30.0 Å². The second-order valence-electron chi connectivity index (χ2n) is 8.01. The van der Waals surface area contributed by atoms with Crippen molar-refractivity contribution in [2.45, 2.75) is 26.3 Å². The molecule has 0 saturated carbocycles. The zero-order chi connectivity index (χ0) is 24.9. The fourth-order valence-corrected chi connectivity index (χ4v) is 3.73. The van der Waals surface area contributed by atoms with Gasteiger partial charge in [-0.1, -0.05) is 36.4 Å². The monoisotopic (exact) mass is 476 g/mol. The van der Waals surface area contributed by atoms with Crippen LogP contribution in [0.5, 0.6) is 5.88 Å².